The Kier molecular flexibility index (Phi) is 8.78. The number of fused-ring (bicyclic) bond motifs is 2. The van der Waals surface area contributed by atoms with Crippen LogP contribution in [0.15, 0.2) is 202 Å². The van der Waals surface area contributed by atoms with Gasteiger partial charge in [0.05, 0.1) is 5.69 Å². The van der Waals surface area contributed by atoms with Gasteiger partial charge in [0.1, 0.15) is 5.41 Å². The van der Waals surface area contributed by atoms with Crippen LogP contribution in [0, 0.1) is 0 Å². The van der Waals surface area contributed by atoms with E-state index in [1.807, 2.05) is 182 Å². The number of carbonyl (C=O) groups excluding carboxylic acids is 2. The lowest BCUT2D eigenvalue weighted by atomic mass is 9.51. The second-order valence-corrected chi connectivity index (χ2v) is 16.8. The van der Waals surface area contributed by atoms with Crippen LogP contribution in [0.3, 0.4) is 0 Å². The van der Waals surface area contributed by atoms with E-state index < -0.39 is 22.6 Å². The average Bonchev–Trinajstić information content (AvgIpc) is 3.58. The molecule has 7 aromatic carbocycles. The van der Waals surface area contributed by atoms with Crippen molar-refractivity contribution < 1.29 is 14.3 Å². The van der Waals surface area contributed by atoms with Crippen LogP contribution in [0.5, 0.6) is 0 Å². The normalized spacial score (nSPS) is 19.9. The van der Waals surface area contributed by atoms with E-state index in [9.17, 15) is 0 Å². The number of β-lactam (4-membered cyclic amide) rings is 2. The molecule has 0 radical (unpaired) electrons. The monoisotopic (exact) mass is 903 g/mol. The Labute approximate surface area is 357 Å². The molecule has 0 saturated carbocycles. The molecule has 2 fully saturated rings. The highest BCUT2D eigenvalue weighted by Gasteiger charge is 2.80. The lowest BCUT2D eigenvalue weighted by molar-refractivity contribution is -0.141. The van der Waals surface area contributed by atoms with Crippen molar-refractivity contribution in [3.8, 4) is 0 Å². The predicted molar refractivity (Wildman–Crippen MR) is 236 cm³/mol. The lowest BCUT2D eigenvalue weighted by Crippen LogP contribution is -2.83. The Morgan fingerprint density at radius 2 is 1.02 bits per heavy atom. The van der Waals surface area contributed by atoms with Gasteiger partial charge in [0, 0.05) is 30.9 Å². The molecule has 282 valence electrons. The number of amides is 2. The van der Waals surface area contributed by atoms with Gasteiger partial charge in [0.25, 0.3) is 5.91 Å². The summed E-state index contributed by atoms with van der Waals surface area (Å²) in [6, 6.07) is 60.0. The van der Waals surface area contributed by atoms with Gasteiger partial charge in [-0.05, 0) is 89.0 Å². The molecular weight excluding hydrogens is 874 g/mol. The minimum absolute atomic E-state index is 0.155. The third-order valence-corrected chi connectivity index (χ3v) is 13.0. The van der Waals surface area contributed by atoms with Crippen LogP contribution in [0.25, 0.3) is 0 Å². The SMILES string of the molecule is O=C1N(c2ccc(Br)cc2)[C@@H](OC2=Nc3ccc(Cl)cc3[C@@]23N(c2ccc(Br)cc2)C(=O)C3(c2ccccc2)c2ccccc2)C1(c1ccccc1)c1ccccc1. The molecule has 3 aliphatic rings. The maximum absolute atomic E-state index is 15.8. The van der Waals surface area contributed by atoms with Gasteiger partial charge in [-0.1, -0.05) is 165 Å². The molecule has 0 unspecified atom stereocenters. The minimum atomic E-state index is -1.43. The number of benzene rings is 7. The van der Waals surface area contributed by atoms with E-state index in [1.165, 1.54) is 0 Å². The highest BCUT2D eigenvalue weighted by Crippen LogP contribution is 2.66. The average molecular weight is 906 g/mol. The quantitative estimate of drug-likeness (QED) is 0.150. The summed E-state index contributed by atoms with van der Waals surface area (Å²) in [5.74, 6) is -0.0590. The molecule has 7 aromatic rings. The Morgan fingerprint density at radius 3 is 1.52 bits per heavy atom. The molecule has 2 atom stereocenters. The van der Waals surface area contributed by atoms with Crippen molar-refractivity contribution in [1.29, 1.82) is 0 Å². The lowest BCUT2D eigenvalue weighted by Gasteiger charge is -2.64. The summed E-state index contributed by atoms with van der Waals surface area (Å²) < 4.78 is 9.38. The van der Waals surface area contributed by atoms with E-state index in [0.29, 0.717) is 27.6 Å². The first kappa shape index (κ1) is 36.5. The molecule has 58 heavy (non-hydrogen) atoms. The third-order valence-electron chi connectivity index (χ3n) is 11.7. The van der Waals surface area contributed by atoms with E-state index >= 15 is 9.59 Å². The van der Waals surface area contributed by atoms with Gasteiger partial charge < -0.3 is 4.74 Å². The fourth-order valence-electron chi connectivity index (χ4n) is 9.32. The summed E-state index contributed by atoms with van der Waals surface area (Å²) in [6.07, 6.45) is -0.960. The molecule has 0 aromatic heterocycles. The second-order valence-electron chi connectivity index (χ2n) is 14.5. The molecule has 2 saturated heterocycles. The first-order valence-electron chi connectivity index (χ1n) is 18.8. The summed E-state index contributed by atoms with van der Waals surface area (Å²) in [4.78, 5) is 40.0. The predicted octanol–water partition coefficient (Wildman–Crippen LogP) is 11.5. The molecule has 0 aliphatic carbocycles. The van der Waals surface area contributed by atoms with Gasteiger partial charge in [-0.15, -0.1) is 0 Å². The number of hydrogen-bond donors (Lipinski definition) is 0. The van der Waals surface area contributed by atoms with Crippen molar-refractivity contribution >= 4 is 78.2 Å². The van der Waals surface area contributed by atoms with Crippen LogP contribution in [0.1, 0.15) is 27.8 Å². The smallest absolute Gasteiger partial charge is 0.250 e. The summed E-state index contributed by atoms with van der Waals surface area (Å²) in [5.41, 5.74) is 1.55. The first-order valence-corrected chi connectivity index (χ1v) is 20.8. The van der Waals surface area contributed by atoms with E-state index in [2.05, 4.69) is 31.9 Å². The Morgan fingerprint density at radius 1 is 0.552 bits per heavy atom. The zero-order chi connectivity index (χ0) is 39.6. The van der Waals surface area contributed by atoms with Crippen molar-refractivity contribution in [3.05, 3.63) is 230 Å². The molecule has 0 bridgehead atoms. The summed E-state index contributed by atoms with van der Waals surface area (Å²) in [6.45, 7) is 0. The van der Waals surface area contributed by atoms with Gasteiger partial charge in [-0.3, -0.25) is 19.4 Å². The van der Waals surface area contributed by atoms with E-state index in [0.717, 1.165) is 31.2 Å². The van der Waals surface area contributed by atoms with Gasteiger partial charge in [-0.25, -0.2) is 4.99 Å². The number of anilines is 2. The molecule has 0 N–H and O–H groups in total. The molecule has 3 aliphatic heterocycles. The van der Waals surface area contributed by atoms with Crippen LogP contribution in [-0.4, -0.2) is 23.9 Å². The van der Waals surface area contributed by atoms with Crippen LogP contribution in [0.2, 0.25) is 5.02 Å². The van der Waals surface area contributed by atoms with Crippen molar-refractivity contribution in [3.63, 3.8) is 0 Å². The van der Waals surface area contributed by atoms with E-state index in [1.54, 1.807) is 15.9 Å². The fraction of sp³-hybridized carbons (Fsp3) is 0.0816. The van der Waals surface area contributed by atoms with Gasteiger partial charge in [0.2, 0.25) is 18.0 Å². The van der Waals surface area contributed by atoms with Crippen molar-refractivity contribution in [2.24, 2.45) is 4.99 Å². The van der Waals surface area contributed by atoms with Crippen LogP contribution in [-0.2, 0) is 30.7 Å². The van der Waals surface area contributed by atoms with Gasteiger partial charge >= 0.3 is 0 Å². The van der Waals surface area contributed by atoms with E-state index in [4.69, 9.17) is 21.3 Å². The zero-order valence-electron chi connectivity index (χ0n) is 30.7. The molecule has 10 rings (SSSR count). The Hall–Kier alpha value is -5.80. The minimum Gasteiger partial charge on any atom is -0.452 e. The van der Waals surface area contributed by atoms with Gasteiger partial charge in [0.15, 0.2) is 11.0 Å². The van der Waals surface area contributed by atoms with Crippen LogP contribution < -0.4 is 9.80 Å². The Balaban J connectivity index is 1.29. The second kappa shape index (κ2) is 13.9. The number of aliphatic imine (C=N–C) groups is 1. The summed E-state index contributed by atoms with van der Waals surface area (Å²) in [7, 11) is 0. The number of halogens is 3. The molecule has 9 heteroatoms. The zero-order valence-corrected chi connectivity index (χ0v) is 34.6. The van der Waals surface area contributed by atoms with Crippen molar-refractivity contribution in [2.75, 3.05) is 9.80 Å². The maximum atomic E-state index is 15.8. The highest BCUT2D eigenvalue weighted by molar-refractivity contribution is 9.10. The first-order chi connectivity index (χ1) is 28.3. The van der Waals surface area contributed by atoms with E-state index in [-0.39, 0.29) is 17.7 Å². The highest BCUT2D eigenvalue weighted by atomic mass is 79.9. The molecule has 2 amide bonds. The molecule has 3 heterocycles. The summed E-state index contributed by atoms with van der Waals surface area (Å²) >= 11 is 14.1. The number of ether oxygens (including phenoxy) is 1. The molecule has 6 nitrogen and oxygen atoms in total. The topological polar surface area (TPSA) is 62.2 Å². The van der Waals surface area contributed by atoms with Crippen LogP contribution >= 0.6 is 43.5 Å². The number of nitrogens with zero attached hydrogens (tertiary/aromatic N) is 3. The summed E-state index contributed by atoms with van der Waals surface area (Å²) in [5, 5.41) is 0.484. The Bertz CT molecular complexity index is 2660. The number of rotatable bonds is 7. The third kappa shape index (κ3) is 4.98. The standard InChI is InChI=1S/C49H32Br2ClN3O3/c50-36-21-26-39(27-22-36)54-44(56)47(32-13-5-1-6-14-32,33-15-7-2-8-16-33)46(54)58-43-49(41-31-38(52)25-30-42(41)53-43)48(34-17-9-3-10-18-34,35-19-11-4-12-20-35)45(57)55(49)40-28-23-37(51)24-29-40/h1-31,46H/t46-,49+/m0/s1. The van der Waals surface area contributed by atoms with Crippen molar-refractivity contribution in [1.82, 2.24) is 0 Å². The number of hydrogen-bond acceptors (Lipinski definition) is 4. The largest absolute Gasteiger partial charge is 0.452 e. The maximum Gasteiger partial charge on any atom is 0.250 e. The molecular formula is C49H32Br2ClN3O3. The van der Waals surface area contributed by atoms with Gasteiger partial charge in [-0.2, -0.15) is 0 Å². The van der Waals surface area contributed by atoms with Crippen molar-refractivity contribution in [2.45, 2.75) is 22.6 Å². The number of carbonyl (C=O) groups is 2. The molecule has 1 spiro atoms. The fourth-order valence-corrected chi connectivity index (χ4v) is 10.0. The van der Waals surface area contributed by atoms with Crippen LogP contribution in [0.4, 0.5) is 17.1 Å².